The van der Waals surface area contributed by atoms with Crippen LogP contribution in [-0.2, 0) is 13.0 Å². The Hall–Kier alpha value is -0.900. The molecule has 74 valence electrons. The van der Waals surface area contributed by atoms with Crippen molar-refractivity contribution in [2.45, 2.75) is 33.2 Å². The van der Waals surface area contributed by atoms with E-state index in [2.05, 4.69) is 17.2 Å². The van der Waals surface area contributed by atoms with E-state index < -0.39 is 0 Å². The zero-order chi connectivity index (χ0) is 9.68. The van der Waals surface area contributed by atoms with Gasteiger partial charge >= 0.3 is 0 Å². The normalized spacial score (nSPS) is 13.2. The molecule has 0 fully saturated rings. The minimum Gasteiger partial charge on any atom is -0.396 e. The zero-order valence-corrected chi connectivity index (χ0v) is 8.27. The van der Waals surface area contributed by atoms with Crippen molar-refractivity contribution in [2.24, 2.45) is 5.92 Å². The first-order valence-corrected chi connectivity index (χ1v) is 4.76. The first-order chi connectivity index (χ1) is 6.27. The molecule has 1 aromatic rings. The molecular formula is C9H17N3O. The smallest absolute Gasteiger partial charge is 0.0725 e. The number of aromatic nitrogens is 3. The van der Waals surface area contributed by atoms with E-state index >= 15 is 0 Å². The molecule has 1 N–H and O–H groups in total. The lowest BCUT2D eigenvalue weighted by atomic mass is 10.1. The number of aliphatic hydroxyl groups is 1. The maximum atomic E-state index is 8.90. The molecule has 0 bridgehead atoms. The van der Waals surface area contributed by atoms with Gasteiger partial charge in [0.25, 0.3) is 0 Å². The molecule has 1 rings (SSSR count). The van der Waals surface area contributed by atoms with Gasteiger partial charge in [-0.2, -0.15) is 0 Å². The van der Waals surface area contributed by atoms with Gasteiger partial charge in [0.1, 0.15) is 0 Å². The molecule has 1 atom stereocenters. The van der Waals surface area contributed by atoms with E-state index in [-0.39, 0.29) is 12.5 Å². The molecule has 0 amide bonds. The fraction of sp³-hybridized carbons (Fsp3) is 0.778. The maximum Gasteiger partial charge on any atom is 0.0725 e. The SMILES string of the molecule is CCCn1nncc1CC(C)CO. The summed E-state index contributed by atoms with van der Waals surface area (Å²) in [6, 6.07) is 0. The monoisotopic (exact) mass is 183 g/mol. The predicted octanol–water partition coefficient (Wildman–Crippen LogP) is 0.859. The Kier molecular flexibility index (Phi) is 3.89. The summed E-state index contributed by atoms with van der Waals surface area (Å²) < 4.78 is 1.91. The van der Waals surface area contributed by atoms with Crippen molar-refractivity contribution < 1.29 is 5.11 Å². The van der Waals surface area contributed by atoms with Crippen LogP contribution < -0.4 is 0 Å². The van der Waals surface area contributed by atoms with Crippen LogP contribution in [0.25, 0.3) is 0 Å². The van der Waals surface area contributed by atoms with Crippen LogP contribution in [0.4, 0.5) is 0 Å². The van der Waals surface area contributed by atoms with Gasteiger partial charge in [-0.1, -0.05) is 19.1 Å². The van der Waals surface area contributed by atoms with Crippen LogP contribution in [0, 0.1) is 5.92 Å². The van der Waals surface area contributed by atoms with Crippen LogP contribution in [0.3, 0.4) is 0 Å². The van der Waals surface area contributed by atoms with Crippen molar-refractivity contribution in [1.82, 2.24) is 15.0 Å². The van der Waals surface area contributed by atoms with Gasteiger partial charge in [-0.05, 0) is 18.8 Å². The Balaban J connectivity index is 2.59. The highest BCUT2D eigenvalue weighted by Crippen LogP contribution is 2.06. The van der Waals surface area contributed by atoms with Gasteiger partial charge in [0.2, 0.25) is 0 Å². The lowest BCUT2D eigenvalue weighted by molar-refractivity contribution is 0.235. The number of nitrogens with zero attached hydrogens (tertiary/aromatic N) is 3. The fourth-order valence-electron chi connectivity index (χ4n) is 1.26. The standard InChI is InChI=1S/C9H17N3O/c1-3-4-12-9(6-10-11-12)5-8(2)7-13/h6,8,13H,3-5,7H2,1-2H3. The average Bonchev–Trinajstić information content (AvgIpc) is 2.54. The topological polar surface area (TPSA) is 50.9 Å². The van der Waals surface area contributed by atoms with Crippen LogP contribution in [0.2, 0.25) is 0 Å². The minimum atomic E-state index is 0.220. The van der Waals surface area contributed by atoms with E-state index in [9.17, 15) is 0 Å². The first kappa shape index (κ1) is 10.2. The van der Waals surface area contributed by atoms with Crippen molar-refractivity contribution in [3.05, 3.63) is 11.9 Å². The Bertz CT molecular complexity index is 247. The summed E-state index contributed by atoms with van der Waals surface area (Å²) in [5.74, 6) is 0.286. The van der Waals surface area contributed by atoms with E-state index in [1.54, 1.807) is 6.20 Å². The maximum absolute atomic E-state index is 8.90. The van der Waals surface area contributed by atoms with Crippen molar-refractivity contribution in [3.63, 3.8) is 0 Å². The molecule has 0 saturated carbocycles. The highest BCUT2D eigenvalue weighted by Gasteiger charge is 2.07. The number of aryl methyl sites for hydroxylation is 1. The molecular weight excluding hydrogens is 166 g/mol. The summed E-state index contributed by atoms with van der Waals surface area (Å²) in [5, 5.41) is 16.7. The molecule has 0 radical (unpaired) electrons. The molecule has 1 heterocycles. The molecule has 4 nitrogen and oxygen atoms in total. The van der Waals surface area contributed by atoms with Gasteiger partial charge in [-0.3, -0.25) is 0 Å². The summed E-state index contributed by atoms with van der Waals surface area (Å²) in [4.78, 5) is 0. The minimum absolute atomic E-state index is 0.220. The second-order valence-electron chi connectivity index (χ2n) is 3.44. The summed E-state index contributed by atoms with van der Waals surface area (Å²) in [6.07, 6.45) is 3.69. The van der Waals surface area contributed by atoms with Crippen LogP contribution in [0.15, 0.2) is 6.20 Å². The Morgan fingerprint density at radius 2 is 2.38 bits per heavy atom. The van der Waals surface area contributed by atoms with Crippen LogP contribution in [0.5, 0.6) is 0 Å². The van der Waals surface area contributed by atoms with E-state index in [1.165, 1.54) is 0 Å². The third-order valence-electron chi connectivity index (χ3n) is 2.00. The van der Waals surface area contributed by atoms with Crippen LogP contribution in [-0.4, -0.2) is 26.7 Å². The molecule has 1 unspecified atom stereocenters. The van der Waals surface area contributed by atoms with Gasteiger partial charge in [-0.25, -0.2) is 4.68 Å². The molecule has 1 aromatic heterocycles. The number of aliphatic hydroxyl groups excluding tert-OH is 1. The molecule has 0 aliphatic heterocycles. The summed E-state index contributed by atoms with van der Waals surface area (Å²) >= 11 is 0. The fourth-order valence-corrected chi connectivity index (χ4v) is 1.26. The van der Waals surface area contributed by atoms with E-state index in [0.717, 1.165) is 25.1 Å². The number of hydrogen-bond acceptors (Lipinski definition) is 3. The lowest BCUT2D eigenvalue weighted by Gasteiger charge is -2.08. The quantitative estimate of drug-likeness (QED) is 0.736. The third kappa shape index (κ3) is 2.81. The average molecular weight is 183 g/mol. The van der Waals surface area contributed by atoms with Gasteiger partial charge in [0, 0.05) is 13.2 Å². The van der Waals surface area contributed by atoms with Gasteiger partial charge in [0.15, 0.2) is 0 Å². The van der Waals surface area contributed by atoms with Gasteiger partial charge in [-0.15, -0.1) is 5.10 Å². The third-order valence-corrected chi connectivity index (χ3v) is 2.00. The largest absolute Gasteiger partial charge is 0.396 e. The Morgan fingerprint density at radius 3 is 3.00 bits per heavy atom. The highest BCUT2D eigenvalue weighted by atomic mass is 16.3. The van der Waals surface area contributed by atoms with Crippen molar-refractivity contribution in [1.29, 1.82) is 0 Å². The van der Waals surface area contributed by atoms with Crippen molar-refractivity contribution >= 4 is 0 Å². The zero-order valence-electron chi connectivity index (χ0n) is 8.27. The molecule has 0 spiro atoms. The summed E-state index contributed by atoms with van der Waals surface area (Å²) in [6.45, 7) is 5.26. The highest BCUT2D eigenvalue weighted by molar-refractivity contribution is 4.95. The molecule has 4 heteroatoms. The van der Waals surface area contributed by atoms with Gasteiger partial charge in [0.05, 0.1) is 11.9 Å². The molecule has 0 aromatic carbocycles. The number of rotatable bonds is 5. The molecule has 0 saturated heterocycles. The molecule has 13 heavy (non-hydrogen) atoms. The summed E-state index contributed by atoms with van der Waals surface area (Å²) in [5.41, 5.74) is 1.11. The van der Waals surface area contributed by atoms with Crippen molar-refractivity contribution in [2.75, 3.05) is 6.61 Å². The Morgan fingerprint density at radius 1 is 1.62 bits per heavy atom. The first-order valence-electron chi connectivity index (χ1n) is 4.76. The van der Waals surface area contributed by atoms with E-state index in [0.29, 0.717) is 0 Å². The lowest BCUT2D eigenvalue weighted by Crippen LogP contribution is -2.10. The molecule has 0 aliphatic carbocycles. The Labute approximate surface area is 78.6 Å². The second kappa shape index (κ2) is 4.97. The van der Waals surface area contributed by atoms with Gasteiger partial charge < -0.3 is 5.11 Å². The van der Waals surface area contributed by atoms with E-state index in [1.807, 2.05) is 11.6 Å². The summed E-state index contributed by atoms with van der Waals surface area (Å²) in [7, 11) is 0. The van der Waals surface area contributed by atoms with Crippen LogP contribution >= 0.6 is 0 Å². The number of hydrogen-bond donors (Lipinski definition) is 1. The second-order valence-corrected chi connectivity index (χ2v) is 3.44. The predicted molar refractivity (Wildman–Crippen MR) is 50.3 cm³/mol. The van der Waals surface area contributed by atoms with E-state index in [4.69, 9.17) is 5.11 Å². The van der Waals surface area contributed by atoms with Crippen molar-refractivity contribution in [3.8, 4) is 0 Å². The van der Waals surface area contributed by atoms with Crippen LogP contribution in [0.1, 0.15) is 26.0 Å². The molecule has 0 aliphatic rings.